The minimum absolute atomic E-state index is 0.0735. The summed E-state index contributed by atoms with van der Waals surface area (Å²) in [5, 5.41) is 11.2. The Morgan fingerprint density at radius 3 is 2.35 bits per heavy atom. The number of fused-ring (bicyclic) bond motifs is 1. The Morgan fingerprint density at radius 2 is 1.60 bits per heavy atom. The highest BCUT2D eigenvalue weighted by atomic mass is 16.6. The van der Waals surface area contributed by atoms with Crippen molar-refractivity contribution < 1.29 is 9.72 Å². The van der Waals surface area contributed by atoms with Gasteiger partial charge in [0.05, 0.1) is 16.3 Å². The minimum Gasteiger partial charge on any atom is -0.336 e. The molecule has 8 nitrogen and oxygen atoms in total. The Labute approximate surface area is 232 Å². The van der Waals surface area contributed by atoms with Crippen molar-refractivity contribution in [1.82, 2.24) is 19.2 Å². The van der Waals surface area contributed by atoms with Gasteiger partial charge in [-0.3, -0.25) is 19.8 Å². The molecule has 0 spiro atoms. The third-order valence-corrected chi connectivity index (χ3v) is 7.45. The van der Waals surface area contributed by atoms with E-state index < -0.39 is 4.92 Å². The molecular weight excluding hydrogens is 502 g/mol. The molecule has 0 bridgehead atoms. The molecule has 3 heterocycles. The molecule has 0 unspecified atom stereocenters. The summed E-state index contributed by atoms with van der Waals surface area (Å²) in [6.07, 6.45) is 2.17. The van der Waals surface area contributed by atoms with Gasteiger partial charge in [-0.25, -0.2) is 4.98 Å². The van der Waals surface area contributed by atoms with Crippen molar-refractivity contribution >= 4 is 17.2 Å². The summed E-state index contributed by atoms with van der Waals surface area (Å²) in [5.74, 6) is -0.175. The largest absolute Gasteiger partial charge is 0.336 e. The fraction of sp³-hybridized carbons (Fsp3) is 0.188. The number of non-ortho nitro benzene ring substituents is 1. The number of carbonyl (C=O) groups is 1. The Morgan fingerprint density at radius 1 is 0.850 bits per heavy atom. The number of piperazine rings is 1. The van der Waals surface area contributed by atoms with E-state index >= 15 is 0 Å². The number of imidazole rings is 1. The van der Waals surface area contributed by atoms with Gasteiger partial charge in [0.1, 0.15) is 5.65 Å². The first-order valence-electron chi connectivity index (χ1n) is 13.4. The van der Waals surface area contributed by atoms with Crippen LogP contribution in [0.3, 0.4) is 0 Å². The maximum Gasteiger partial charge on any atom is 0.270 e. The van der Waals surface area contributed by atoms with Gasteiger partial charge in [-0.15, -0.1) is 0 Å². The van der Waals surface area contributed by atoms with Crippen molar-refractivity contribution in [3.8, 4) is 22.4 Å². The van der Waals surface area contributed by atoms with E-state index in [0.717, 1.165) is 33.7 Å². The van der Waals surface area contributed by atoms with Gasteiger partial charge in [0.25, 0.3) is 11.6 Å². The molecule has 1 aliphatic rings. The number of pyridine rings is 1. The van der Waals surface area contributed by atoms with Crippen LogP contribution < -0.4 is 0 Å². The molecule has 0 saturated carbocycles. The summed E-state index contributed by atoms with van der Waals surface area (Å²) in [6.45, 7) is 5.27. The van der Waals surface area contributed by atoms with Crippen LogP contribution in [0.2, 0.25) is 0 Å². The maximum absolute atomic E-state index is 13.1. The van der Waals surface area contributed by atoms with E-state index in [-0.39, 0.29) is 11.6 Å². The molecule has 40 heavy (non-hydrogen) atoms. The number of benzene rings is 3. The highest BCUT2D eigenvalue weighted by Gasteiger charge is 2.25. The number of hydrogen-bond donors (Lipinski definition) is 0. The van der Waals surface area contributed by atoms with Crippen LogP contribution in [0.15, 0.2) is 97.2 Å². The number of rotatable bonds is 6. The van der Waals surface area contributed by atoms with Crippen molar-refractivity contribution in [2.24, 2.45) is 0 Å². The fourth-order valence-corrected chi connectivity index (χ4v) is 5.32. The number of nitrogens with zero attached hydrogens (tertiary/aromatic N) is 5. The summed E-state index contributed by atoms with van der Waals surface area (Å²) in [5.41, 5.74) is 7.80. The molecule has 200 valence electrons. The smallest absolute Gasteiger partial charge is 0.270 e. The molecule has 1 amide bonds. The van der Waals surface area contributed by atoms with E-state index in [4.69, 9.17) is 4.98 Å². The van der Waals surface area contributed by atoms with Gasteiger partial charge in [0, 0.05) is 62.2 Å². The molecule has 0 radical (unpaired) electrons. The quantitative estimate of drug-likeness (QED) is 0.203. The van der Waals surface area contributed by atoms with Crippen LogP contribution in [0.5, 0.6) is 0 Å². The highest BCUT2D eigenvalue weighted by Crippen LogP contribution is 2.29. The van der Waals surface area contributed by atoms with Gasteiger partial charge in [0.2, 0.25) is 0 Å². The van der Waals surface area contributed by atoms with Crippen LogP contribution in [-0.4, -0.2) is 56.2 Å². The van der Waals surface area contributed by atoms with Gasteiger partial charge >= 0.3 is 0 Å². The van der Waals surface area contributed by atoms with Gasteiger partial charge < -0.3 is 9.30 Å². The number of amides is 1. The third kappa shape index (κ3) is 5.09. The van der Waals surface area contributed by atoms with Crippen molar-refractivity contribution in [2.45, 2.75) is 13.5 Å². The Hall–Kier alpha value is -4.82. The van der Waals surface area contributed by atoms with E-state index in [9.17, 15) is 14.9 Å². The molecule has 6 rings (SSSR count). The van der Waals surface area contributed by atoms with Crippen LogP contribution in [0.4, 0.5) is 5.69 Å². The standard InChI is InChI=1S/C32H29N5O3/c1-23-7-5-10-25(19-23)27-13-14-30-33-31(24-8-3-2-4-9-24)29(36(30)21-27)22-34-15-17-35(18-16-34)32(38)26-11-6-12-28(20-26)37(39)40/h2-14,19-21H,15-18,22H2,1H3. The summed E-state index contributed by atoms with van der Waals surface area (Å²) in [4.78, 5) is 32.9. The highest BCUT2D eigenvalue weighted by molar-refractivity contribution is 5.95. The zero-order valence-corrected chi connectivity index (χ0v) is 22.2. The molecule has 5 aromatic rings. The number of hydrogen-bond acceptors (Lipinski definition) is 5. The average molecular weight is 532 g/mol. The number of nitro groups is 1. The second-order valence-corrected chi connectivity index (χ2v) is 10.2. The van der Waals surface area contributed by atoms with Gasteiger partial charge in [-0.05, 0) is 36.2 Å². The van der Waals surface area contributed by atoms with Gasteiger partial charge in [-0.1, -0.05) is 66.2 Å². The lowest BCUT2D eigenvalue weighted by Gasteiger charge is -2.34. The molecule has 2 aromatic heterocycles. The van der Waals surface area contributed by atoms with Crippen LogP contribution in [0.25, 0.3) is 28.0 Å². The minimum atomic E-state index is -0.473. The van der Waals surface area contributed by atoms with E-state index in [1.807, 2.05) is 18.2 Å². The van der Waals surface area contributed by atoms with Crippen molar-refractivity contribution in [3.63, 3.8) is 0 Å². The van der Waals surface area contributed by atoms with Crippen LogP contribution in [-0.2, 0) is 6.54 Å². The summed E-state index contributed by atoms with van der Waals surface area (Å²) in [6, 6.07) is 28.9. The molecule has 0 atom stereocenters. The fourth-order valence-electron chi connectivity index (χ4n) is 5.32. The van der Waals surface area contributed by atoms with E-state index in [1.165, 1.54) is 17.7 Å². The SMILES string of the molecule is Cc1cccc(-c2ccc3nc(-c4ccccc4)c(CN4CCN(C(=O)c5cccc([N+](=O)[O-])c5)CC4)n3c2)c1. The van der Waals surface area contributed by atoms with E-state index in [1.54, 1.807) is 17.0 Å². The zero-order chi connectivity index (χ0) is 27.6. The number of aryl methyl sites for hydroxylation is 1. The summed E-state index contributed by atoms with van der Waals surface area (Å²) >= 11 is 0. The molecular formula is C32H29N5O3. The average Bonchev–Trinajstić information content (AvgIpc) is 3.35. The van der Waals surface area contributed by atoms with Gasteiger partial charge in [0.15, 0.2) is 0 Å². The molecule has 0 aliphatic carbocycles. The van der Waals surface area contributed by atoms with E-state index in [0.29, 0.717) is 38.3 Å². The summed E-state index contributed by atoms with van der Waals surface area (Å²) < 4.78 is 2.20. The van der Waals surface area contributed by atoms with Crippen LogP contribution in [0.1, 0.15) is 21.6 Å². The van der Waals surface area contributed by atoms with Crippen LogP contribution >= 0.6 is 0 Å². The lowest BCUT2D eigenvalue weighted by molar-refractivity contribution is -0.384. The van der Waals surface area contributed by atoms with Crippen LogP contribution in [0, 0.1) is 17.0 Å². The number of carbonyl (C=O) groups excluding carboxylic acids is 1. The second-order valence-electron chi connectivity index (χ2n) is 10.2. The molecule has 1 fully saturated rings. The lowest BCUT2D eigenvalue weighted by atomic mass is 10.1. The van der Waals surface area contributed by atoms with Crippen molar-refractivity contribution in [3.05, 3.63) is 124 Å². The first kappa shape index (κ1) is 25.5. The second kappa shape index (κ2) is 10.7. The topological polar surface area (TPSA) is 84.0 Å². The third-order valence-electron chi connectivity index (χ3n) is 7.45. The Balaban J connectivity index is 1.27. The maximum atomic E-state index is 13.1. The van der Waals surface area contributed by atoms with Crippen molar-refractivity contribution in [2.75, 3.05) is 26.2 Å². The predicted molar refractivity (Wildman–Crippen MR) is 155 cm³/mol. The Kier molecular flexibility index (Phi) is 6.84. The van der Waals surface area contributed by atoms with E-state index in [2.05, 4.69) is 71.0 Å². The first-order chi connectivity index (χ1) is 19.5. The molecule has 1 aliphatic heterocycles. The van der Waals surface area contributed by atoms with Gasteiger partial charge in [-0.2, -0.15) is 0 Å². The molecule has 3 aromatic carbocycles. The lowest BCUT2D eigenvalue weighted by Crippen LogP contribution is -2.48. The first-order valence-corrected chi connectivity index (χ1v) is 13.4. The zero-order valence-electron chi connectivity index (χ0n) is 22.2. The number of nitro benzene ring substituents is 1. The predicted octanol–water partition coefficient (Wildman–Crippen LogP) is 5.84. The summed E-state index contributed by atoms with van der Waals surface area (Å²) in [7, 11) is 0. The van der Waals surface area contributed by atoms with Crippen molar-refractivity contribution in [1.29, 1.82) is 0 Å². The monoisotopic (exact) mass is 531 g/mol. The molecule has 8 heteroatoms. The Bertz CT molecular complexity index is 1700. The number of aromatic nitrogens is 2. The molecule has 0 N–H and O–H groups in total. The normalized spacial score (nSPS) is 14.0. The molecule has 1 saturated heterocycles.